The van der Waals surface area contributed by atoms with E-state index in [-0.39, 0.29) is 23.2 Å². The number of aromatic nitrogens is 4. The van der Waals surface area contributed by atoms with E-state index in [1.807, 2.05) is 60.7 Å². The quantitative estimate of drug-likeness (QED) is 0.586. The molecule has 0 aliphatic heterocycles. The van der Waals surface area contributed by atoms with Gasteiger partial charge in [-0.1, -0.05) is 60.7 Å². The van der Waals surface area contributed by atoms with Crippen molar-refractivity contribution in [2.45, 2.75) is 12.8 Å². The summed E-state index contributed by atoms with van der Waals surface area (Å²) >= 11 is 0. The number of hydrogen-bond acceptors (Lipinski definition) is 4. The number of amides is 1. The van der Waals surface area contributed by atoms with Gasteiger partial charge in [-0.25, -0.2) is 4.98 Å². The average Bonchev–Trinajstić information content (AvgIpc) is 3.06. The summed E-state index contributed by atoms with van der Waals surface area (Å²) in [6, 6.07) is 20.4. The first-order valence-electron chi connectivity index (χ1n) is 8.49. The maximum absolute atomic E-state index is 13.1. The first kappa shape index (κ1) is 16.7. The van der Waals surface area contributed by atoms with Gasteiger partial charge in [0.05, 0.1) is 5.92 Å². The van der Waals surface area contributed by atoms with E-state index in [4.69, 9.17) is 0 Å². The number of aryl methyl sites for hydroxylation is 1. The Hall–Kier alpha value is -3.74. The summed E-state index contributed by atoms with van der Waals surface area (Å²) in [6.45, 7) is 1.72. The van der Waals surface area contributed by atoms with Crippen molar-refractivity contribution in [2.75, 3.05) is 5.32 Å². The molecule has 4 rings (SSSR count). The van der Waals surface area contributed by atoms with Crippen LogP contribution in [0, 0.1) is 6.92 Å². The summed E-state index contributed by atoms with van der Waals surface area (Å²) in [4.78, 5) is 33.5. The van der Waals surface area contributed by atoms with Crippen molar-refractivity contribution >= 4 is 17.6 Å². The summed E-state index contributed by atoms with van der Waals surface area (Å²) in [5.41, 5.74) is 2.01. The van der Waals surface area contributed by atoms with Crippen molar-refractivity contribution in [3.8, 4) is 0 Å². The molecule has 134 valence electrons. The summed E-state index contributed by atoms with van der Waals surface area (Å²) in [5.74, 6) is -0.374. The number of carbonyl (C=O) groups is 1. The summed E-state index contributed by atoms with van der Waals surface area (Å²) in [5, 5.41) is 5.55. The number of anilines is 1. The van der Waals surface area contributed by atoms with Crippen molar-refractivity contribution in [3.05, 3.63) is 93.9 Å². The second-order valence-electron chi connectivity index (χ2n) is 6.19. The first-order chi connectivity index (χ1) is 13.1. The predicted molar refractivity (Wildman–Crippen MR) is 102 cm³/mol. The molecule has 2 heterocycles. The van der Waals surface area contributed by atoms with Gasteiger partial charge < -0.3 is 0 Å². The van der Waals surface area contributed by atoms with Crippen LogP contribution < -0.4 is 10.9 Å². The fourth-order valence-corrected chi connectivity index (χ4v) is 3.02. The number of hydrogen-bond donors (Lipinski definition) is 2. The van der Waals surface area contributed by atoms with Gasteiger partial charge in [-0.15, -0.1) is 0 Å². The molecule has 2 aromatic carbocycles. The lowest BCUT2D eigenvalue weighted by Crippen LogP contribution is -2.23. The molecule has 0 atom stereocenters. The van der Waals surface area contributed by atoms with Crippen LogP contribution in [0.3, 0.4) is 0 Å². The van der Waals surface area contributed by atoms with E-state index in [1.54, 1.807) is 6.92 Å². The van der Waals surface area contributed by atoms with Crippen LogP contribution in [0.15, 0.2) is 71.5 Å². The van der Waals surface area contributed by atoms with Crippen LogP contribution in [-0.4, -0.2) is 25.5 Å². The van der Waals surface area contributed by atoms with Crippen molar-refractivity contribution in [3.63, 3.8) is 0 Å². The molecule has 0 aliphatic carbocycles. The molecule has 0 saturated heterocycles. The van der Waals surface area contributed by atoms with Crippen molar-refractivity contribution in [2.24, 2.45) is 0 Å². The molecule has 0 bridgehead atoms. The Labute approximate surface area is 154 Å². The summed E-state index contributed by atoms with van der Waals surface area (Å²) < 4.78 is 1.20. The third kappa shape index (κ3) is 3.35. The van der Waals surface area contributed by atoms with Crippen LogP contribution in [0.25, 0.3) is 5.78 Å². The monoisotopic (exact) mass is 359 g/mol. The van der Waals surface area contributed by atoms with Gasteiger partial charge in [0, 0.05) is 11.8 Å². The van der Waals surface area contributed by atoms with E-state index in [0.29, 0.717) is 5.69 Å². The topological polar surface area (TPSA) is 92.2 Å². The molecule has 4 aromatic rings. The van der Waals surface area contributed by atoms with Crippen LogP contribution in [0.2, 0.25) is 0 Å². The Morgan fingerprint density at radius 3 is 2.19 bits per heavy atom. The molecule has 0 fully saturated rings. The molecule has 2 N–H and O–H groups in total. The van der Waals surface area contributed by atoms with Crippen molar-refractivity contribution in [1.29, 1.82) is 0 Å². The molecule has 0 aliphatic rings. The molecule has 7 heteroatoms. The van der Waals surface area contributed by atoms with Crippen LogP contribution in [0.1, 0.15) is 22.7 Å². The minimum absolute atomic E-state index is 0.173. The number of fused-ring (bicyclic) bond motifs is 1. The van der Waals surface area contributed by atoms with Gasteiger partial charge in [0.25, 0.3) is 11.3 Å². The number of nitrogens with zero attached hydrogens (tertiary/aromatic N) is 3. The normalized spacial score (nSPS) is 11.0. The largest absolute Gasteiger partial charge is 0.294 e. The highest BCUT2D eigenvalue weighted by Gasteiger charge is 2.23. The molecule has 2 aromatic heterocycles. The van der Waals surface area contributed by atoms with Gasteiger partial charge in [-0.3, -0.25) is 20.0 Å². The minimum atomic E-state index is -0.507. The molecule has 0 spiro atoms. The Balaban J connectivity index is 1.70. The van der Waals surface area contributed by atoms with Crippen LogP contribution >= 0.6 is 0 Å². The van der Waals surface area contributed by atoms with Gasteiger partial charge in [0.15, 0.2) is 0 Å². The molecule has 0 unspecified atom stereocenters. The number of nitrogens with one attached hydrogen (secondary N) is 2. The van der Waals surface area contributed by atoms with Gasteiger partial charge in [0.1, 0.15) is 0 Å². The van der Waals surface area contributed by atoms with E-state index in [2.05, 4.69) is 20.4 Å². The lowest BCUT2D eigenvalue weighted by Gasteiger charge is -2.16. The van der Waals surface area contributed by atoms with Crippen molar-refractivity contribution < 1.29 is 4.79 Å². The second kappa shape index (κ2) is 6.87. The molecule has 1 amide bonds. The Morgan fingerprint density at radius 2 is 1.59 bits per heavy atom. The zero-order chi connectivity index (χ0) is 18.8. The highest BCUT2D eigenvalue weighted by Crippen LogP contribution is 2.25. The molecule has 7 nitrogen and oxygen atoms in total. The van der Waals surface area contributed by atoms with E-state index in [1.165, 1.54) is 10.6 Å². The lowest BCUT2D eigenvalue weighted by molar-refractivity contribution is -0.116. The maximum atomic E-state index is 13.1. The standard InChI is InChI=1S/C20H17N5O2/c1-13-12-16(26)25-20(21-13)23-19(24-25)22-18(27)17(14-8-4-2-5-9-14)15-10-6-3-7-11-15/h2-12,17H,1H3,(H2,21,22,23,24,27). The van der Waals surface area contributed by atoms with Gasteiger partial charge >= 0.3 is 0 Å². The third-order valence-electron chi connectivity index (χ3n) is 4.23. The summed E-state index contributed by atoms with van der Waals surface area (Å²) in [6.07, 6.45) is 0. The maximum Gasteiger partial charge on any atom is 0.274 e. The van der Waals surface area contributed by atoms with Crippen LogP contribution in [0.4, 0.5) is 5.95 Å². The predicted octanol–water partition coefficient (Wildman–Crippen LogP) is 2.50. The van der Waals surface area contributed by atoms with Gasteiger partial charge in [-0.2, -0.15) is 9.50 Å². The number of rotatable bonds is 4. The number of carbonyl (C=O) groups excluding carboxylic acids is 1. The summed E-state index contributed by atoms with van der Waals surface area (Å²) in [7, 11) is 0. The second-order valence-corrected chi connectivity index (χ2v) is 6.19. The minimum Gasteiger partial charge on any atom is -0.294 e. The number of aromatic amines is 1. The third-order valence-corrected chi connectivity index (χ3v) is 4.23. The Morgan fingerprint density at radius 1 is 1.00 bits per heavy atom. The zero-order valence-electron chi connectivity index (χ0n) is 14.6. The SMILES string of the molecule is Cc1cc(=O)n2[nH]c(NC(=O)C(c3ccccc3)c3ccccc3)nc2n1. The molecular weight excluding hydrogens is 342 g/mol. The molecule has 0 saturated carbocycles. The molecule has 27 heavy (non-hydrogen) atoms. The van der Waals surface area contributed by atoms with Crippen LogP contribution in [0.5, 0.6) is 0 Å². The van der Waals surface area contributed by atoms with Gasteiger partial charge in [0.2, 0.25) is 11.9 Å². The number of benzene rings is 2. The van der Waals surface area contributed by atoms with E-state index in [0.717, 1.165) is 11.1 Å². The smallest absolute Gasteiger partial charge is 0.274 e. The highest BCUT2D eigenvalue weighted by molar-refractivity contribution is 5.97. The van der Waals surface area contributed by atoms with Crippen molar-refractivity contribution in [1.82, 2.24) is 19.6 Å². The number of H-pyrrole nitrogens is 1. The Bertz CT molecular complexity index is 1110. The lowest BCUT2D eigenvalue weighted by atomic mass is 9.90. The van der Waals surface area contributed by atoms with E-state index >= 15 is 0 Å². The van der Waals surface area contributed by atoms with Crippen LogP contribution in [-0.2, 0) is 4.79 Å². The zero-order valence-corrected chi connectivity index (χ0v) is 14.6. The average molecular weight is 359 g/mol. The van der Waals surface area contributed by atoms with Gasteiger partial charge in [-0.05, 0) is 18.1 Å². The first-order valence-corrected chi connectivity index (χ1v) is 8.49. The highest BCUT2D eigenvalue weighted by atomic mass is 16.2. The van der Waals surface area contributed by atoms with E-state index in [9.17, 15) is 9.59 Å². The molecule has 0 radical (unpaired) electrons. The molecular formula is C20H17N5O2. The fourth-order valence-electron chi connectivity index (χ4n) is 3.02. The Kier molecular flexibility index (Phi) is 4.25. The fraction of sp³-hybridized carbons (Fsp3) is 0.100. The van der Waals surface area contributed by atoms with E-state index < -0.39 is 5.92 Å².